The Morgan fingerprint density at radius 3 is 2.86 bits per heavy atom. The molecule has 1 fully saturated rings. The number of likely N-dealkylation sites (tertiary alicyclic amines) is 1. The van der Waals surface area contributed by atoms with Crippen LogP contribution in [-0.4, -0.2) is 29.4 Å². The van der Waals surface area contributed by atoms with Crippen LogP contribution in [0.4, 0.5) is 5.69 Å². The van der Waals surface area contributed by atoms with Gasteiger partial charge in [-0.05, 0) is 58.3 Å². The van der Waals surface area contributed by atoms with E-state index in [1.165, 1.54) is 12.8 Å². The summed E-state index contributed by atoms with van der Waals surface area (Å²) < 4.78 is 0. The molecule has 1 amide bonds. The molecule has 1 aliphatic heterocycles. The zero-order valence-electron chi connectivity index (χ0n) is 12.9. The van der Waals surface area contributed by atoms with Crippen molar-refractivity contribution in [3.8, 4) is 6.07 Å². The second-order valence-corrected chi connectivity index (χ2v) is 6.21. The van der Waals surface area contributed by atoms with E-state index >= 15 is 0 Å². The van der Waals surface area contributed by atoms with E-state index in [1.807, 2.05) is 6.07 Å². The second kappa shape index (κ2) is 6.73. The number of nitriles is 1. The summed E-state index contributed by atoms with van der Waals surface area (Å²) in [6.07, 6.45) is 3.82. The lowest BCUT2D eigenvalue weighted by molar-refractivity contribution is -0.116. The quantitative estimate of drug-likeness (QED) is 0.904. The van der Waals surface area contributed by atoms with Gasteiger partial charge in [0.15, 0.2) is 0 Å². The van der Waals surface area contributed by atoms with Gasteiger partial charge in [0.05, 0.1) is 11.3 Å². The summed E-state index contributed by atoms with van der Waals surface area (Å²) in [5.41, 5.74) is 1.38. The van der Waals surface area contributed by atoms with Crippen LogP contribution in [0.5, 0.6) is 0 Å². The van der Waals surface area contributed by atoms with Crippen molar-refractivity contribution in [3.63, 3.8) is 0 Å². The maximum absolute atomic E-state index is 12.0. The van der Waals surface area contributed by atoms with E-state index in [-0.39, 0.29) is 11.4 Å². The summed E-state index contributed by atoms with van der Waals surface area (Å²) in [4.78, 5) is 14.4. The minimum atomic E-state index is -0.0188. The smallest absolute Gasteiger partial charge is 0.224 e. The molecule has 0 radical (unpaired) electrons. The third-order valence-corrected chi connectivity index (χ3v) is 4.23. The number of rotatable bonds is 5. The minimum absolute atomic E-state index is 0.0188. The van der Waals surface area contributed by atoms with Crippen LogP contribution in [0.3, 0.4) is 0 Å². The molecule has 21 heavy (non-hydrogen) atoms. The van der Waals surface area contributed by atoms with Gasteiger partial charge in [0.1, 0.15) is 6.07 Å². The fourth-order valence-electron chi connectivity index (χ4n) is 2.91. The number of hydrogen-bond acceptors (Lipinski definition) is 3. The Kier molecular flexibility index (Phi) is 4.98. The maximum Gasteiger partial charge on any atom is 0.224 e. The molecule has 0 unspecified atom stereocenters. The molecule has 0 atom stereocenters. The van der Waals surface area contributed by atoms with Gasteiger partial charge in [-0.3, -0.25) is 9.69 Å². The molecule has 1 aliphatic rings. The number of para-hydroxylation sites is 1. The van der Waals surface area contributed by atoms with E-state index in [0.29, 0.717) is 17.7 Å². The summed E-state index contributed by atoms with van der Waals surface area (Å²) in [5, 5.41) is 11.8. The van der Waals surface area contributed by atoms with Gasteiger partial charge in [-0.25, -0.2) is 0 Å². The van der Waals surface area contributed by atoms with Gasteiger partial charge < -0.3 is 5.32 Å². The van der Waals surface area contributed by atoms with Crippen molar-refractivity contribution in [2.75, 3.05) is 18.4 Å². The number of benzene rings is 1. The monoisotopic (exact) mass is 285 g/mol. The number of amides is 1. The fourth-order valence-corrected chi connectivity index (χ4v) is 2.91. The summed E-state index contributed by atoms with van der Waals surface area (Å²) in [5.74, 6) is -0.0188. The van der Waals surface area contributed by atoms with E-state index in [4.69, 9.17) is 5.26 Å². The summed E-state index contributed by atoms with van der Waals surface area (Å²) in [6, 6.07) is 9.18. The Hall–Kier alpha value is -1.86. The van der Waals surface area contributed by atoms with Crippen LogP contribution >= 0.6 is 0 Å². The van der Waals surface area contributed by atoms with Gasteiger partial charge in [-0.15, -0.1) is 0 Å². The molecule has 1 aromatic carbocycles. The average Bonchev–Trinajstić information content (AvgIpc) is 2.78. The molecule has 2 rings (SSSR count). The Labute approximate surface area is 126 Å². The Bertz CT molecular complexity index is 545. The highest BCUT2D eigenvalue weighted by Crippen LogP contribution is 2.28. The standard InChI is InChI=1S/C17H23N3O/c1-17(2)10-6-12-20(17)11-5-9-16(21)19-15-8-4-3-7-14(15)13-18/h3-4,7-8H,5-6,9-12H2,1-2H3,(H,19,21). The molecule has 4 heteroatoms. The molecule has 4 nitrogen and oxygen atoms in total. The summed E-state index contributed by atoms with van der Waals surface area (Å²) >= 11 is 0. The zero-order valence-corrected chi connectivity index (χ0v) is 12.9. The van der Waals surface area contributed by atoms with Crippen LogP contribution in [0, 0.1) is 11.3 Å². The summed E-state index contributed by atoms with van der Waals surface area (Å²) in [7, 11) is 0. The fraction of sp³-hybridized carbons (Fsp3) is 0.529. The van der Waals surface area contributed by atoms with Crippen molar-refractivity contribution in [1.82, 2.24) is 4.90 Å². The molecule has 0 spiro atoms. The SMILES string of the molecule is CC1(C)CCCN1CCCC(=O)Nc1ccccc1C#N. The first-order chi connectivity index (χ1) is 10.0. The lowest BCUT2D eigenvalue weighted by Gasteiger charge is -2.31. The van der Waals surface area contributed by atoms with Gasteiger partial charge >= 0.3 is 0 Å². The zero-order chi connectivity index (χ0) is 15.3. The molecule has 0 saturated carbocycles. The molecule has 112 valence electrons. The molecular weight excluding hydrogens is 262 g/mol. The first kappa shape index (κ1) is 15.5. The summed E-state index contributed by atoms with van der Waals surface area (Å²) in [6.45, 7) is 6.62. The van der Waals surface area contributed by atoms with Crippen LogP contribution < -0.4 is 5.32 Å². The molecule has 1 N–H and O–H groups in total. The topological polar surface area (TPSA) is 56.1 Å². The van der Waals surface area contributed by atoms with E-state index in [2.05, 4.69) is 30.1 Å². The molecule has 1 saturated heterocycles. The van der Waals surface area contributed by atoms with Crippen molar-refractivity contribution < 1.29 is 4.79 Å². The van der Waals surface area contributed by atoms with E-state index in [9.17, 15) is 4.79 Å². The highest BCUT2D eigenvalue weighted by Gasteiger charge is 2.31. The number of hydrogen-bond donors (Lipinski definition) is 1. The van der Waals surface area contributed by atoms with Crippen molar-refractivity contribution >= 4 is 11.6 Å². The van der Waals surface area contributed by atoms with Gasteiger partial charge in [0, 0.05) is 12.0 Å². The van der Waals surface area contributed by atoms with Crippen molar-refractivity contribution in [3.05, 3.63) is 29.8 Å². The number of anilines is 1. The molecule has 1 heterocycles. The van der Waals surface area contributed by atoms with Gasteiger partial charge in [0.25, 0.3) is 0 Å². The molecule has 0 bridgehead atoms. The number of carbonyl (C=O) groups excluding carboxylic acids is 1. The van der Waals surface area contributed by atoms with Crippen LogP contribution in [0.25, 0.3) is 0 Å². The van der Waals surface area contributed by atoms with Crippen LogP contribution in [-0.2, 0) is 4.79 Å². The Balaban J connectivity index is 1.79. The Morgan fingerprint density at radius 2 is 2.19 bits per heavy atom. The molecule has 1 aromatic rings. The van der Waals surface area contributed by atoms with Crippen molar-refractivity contribution in [1.29, 1.82) is 5.26 Å². The third-order valence-electron chi connectivity index (χ3n) is 4.23. The van der Waals surface area contributed by atoms with Crippen LogP contribution in [0.1, 0.15) is 45.1 Å². The first-order valence-electron chi connectivity index (χ1n) is 7.57. The minimum Gasteiger partial charge on any atom is -0.325 e. The lowest BCUT2D eigenvalue weighted by atomic mass is 10.0. The van der Waals surface area contributed by atoms with Crippen LogP contribution in [0.2, 0.25) is 0 Å². The number of carbonyl (C=O) groups is 1. The maximum atomic E-state index is 12.0. The Morgan fingerprint density at radius 1 is 1.43 bits per heavy atom. The predicted octanol–water partition coefficient (Wildman–Crippen LogP) is 3.15. The van der Waals surface area contributed by atoms with Gasteiger partial charge in [-0.2, -0.15) is 5.26 Å². The second-order valence-electron chi connectivity index (χ2n) is 6.21. The molecule has 0 aromatic heterocycles. The van der Waals surface area contributed by atoms with Crippen molar-refractivity contribution in [2.45, 2.75) is 45.1 Å². The third kappa shape index (κ3) is 4.05. The highest BCUT2D eigenvalue weighted by molar-refractivity contribution is 5.92. The predicted molar refractivity (Wildman–Crippen MR) is 83.9 cm³/mol. The molecule has 0 aliphatic carbocycles. The largest absolute Gasteiger partial charge is 0.325 e. The number of nitrogens with zero attached hydrogens (tertiary/aromatic N) is 2. The lowest BCUT2D eigenvalue weighted by Crippen LogP contribution is -2.38. The van der Waals surface area contributed by atoms with Crippen molar-refractivity contribution in [2.24, 2.45) is 0 Å². The van der Waals surface area contributed by atoms with Crippen LogP contribution in [0.15, 0.2) is 24.3 Å². The van der Waals surface area contributed by atoms with E-state index in [1.54, 1.807) is 18.2 Å². The first-order valence-corrected chi connectivity index (χ1v) is 7.57. The van der Waals surface area contributed by atoms with E-state index in [0.717, 1.165) is 19.5 Å². The average molecular weight is 285 g/mol. The highest BCUT2D eigenvalue weighted by atomic mass is 16.1. The van der Waals surface area contributed by atoms with E-state index < -0.39 is 0 Å². The number of nitrogens with one attached hydrogen (secondary N) is 1. The normalized spacial score (nSPS) is 17.4. The molecular formula is C17H23N3O. The van der Waals surface area contributed by atoms with Gasteiger partial charge in [0.2, 0.25) is 5.91 Å². The van der Waals surface area contributed by atoms with Gasteiger partial charge in [-0.1, -0.05) is 12.1 Å².